The van der Waals surface area contributed by atoms with Crippen LogP contribution in [-0.4, -0.2) is 46.9 Å². The van der Waals surface area contributed by atoms with E-state index in [-0.39, 0.29) is 11.4 Å². The molecule has 0 bridgehead atoms. The number of anilines is 2. The molecule has 172 valence electrons. The largest absolute Gasteiger partial charge is 0.367 e. The molecule has 0 aromatic carbocycles. The molecule has 0 spiro atoms. The summed E-state index contributed by atoms with van der Waals surface area (Å²) in [5, 5.41) is 24.0. The normalized spacial score (nSPS) is 17.6. The van der Waals surface area contributed by atoms with Gasteiger partial charge in [0.05, 0.1) is 29.3 Å². The van der Waals surface area contributed by atoms with Gasteiger partial charge in [0, 0.05) is 19.6 Å². The van der Waals surface area contributed by atoms with E-state index in [2.05, 4.69) is 35.8 Å². The topological polar surface area (TPSA) is 139 Å². The minimum Gasteiger partial charge on any atom is -0.367 e. The fraction of sp³-hybridized carbons (Fsp3) is 0.348. The van der Waals surface area contributed by atoms with E-state index in [4.69, 9.17) is 0 Å². The predicted octanol–water partition coefficient (Wildman–Crippen LogP) is 2.18. The van der Waals surface area contributed by atoms with Crippen molar-refractivity contribution in [2.75, 3.05) is 17.2 Å². The number of hydrogen-bond acceptors (Lipinski definition) is 9. The molecule has 2 N–H and O–H groups in total. The Hall–Kier alpha value is -4.33. The van der Waals surface area contributed by atoms with Gasteiger partial charge in [-0.2, -0.15) is 10.4 Å². The Balaban J connectivity index is 1.25. The van der Waals surface area contributed by atoms with E-state index in [9.17, 15) is 10.1 Å². The molecular weight excluding hydrogens is 432 g/mol. The van der Waals surface area contributed by atoms with E-state index in [1.165, 1.54) is 9.13 Å². The third kappa shape index (κ3) is 4.17. The van der Waals surface area contributed by atoms with E-state index in [1.54, 1.807) is 31.6 Å². The number of hydrogen-bond donors (Lipinski definition) is 2. The van der Waals surface area contributed by atoms with Gasteiger partial charge < -0.3 is 10.6 Å². The molecule has 11 heteroatoms. The van der Waals surface area contributed by atoms with Crippen LogP contribution in [0.2, 0.25) is 0 Å². The van der Waals surface area contributed by atoms with Crippen molar-refractivity contribution in [3.05, 3.63) is 58.5 Å². The van der Waals surface area contributed by atoms with Gasteiger partial charge in [0.2, 0.25) is 5.95 Å². The summed E-state index contributed by atoms with van der Waals surface area (Å²) < 4.78 is 2.99. The van der Waals surface area contributed by atoms with Crippen molar-refractivity contribution in [2.45, 2.75) is 32.2 Å². The summed E-state index contributed by atoms with van der Waals surface area (Å²) in [5.74, 6) is 1.82. The van der Waals surface area contributed by atoms with E-state index in [0.717, 1.165) is 37.3 Å². The van der Waals surface area contributed by atoms with Crippen molar-refractivity contribution in [1.29, 1.82) is 5.26 Å². The molecule has 1 unspecified atom stereocenters. The third-order valence-electron chi connectivity index (χ3n) is 6.14. The van der Waals surface area contributed by atoms with Crippen molar-refractivity contribution < 1.29 is 0 Å². The van der Waals surface area contributed by atoms with Gasteiger partial charge in [-0.25, -0.2) is 24.3 Å². The zero-order valence-corrected chi connectivity index (χ0v) is 18.9. The SMILES string of the molecule is Cc1cnc(NCC2CC[C@H](Nc3ccc(-n4c(=O)n(C)c5ccc(C#N)nc54)cn3)C2)nn1. The second-order valence-corrected chi connectivity index (χ2v) is 8.55. The third-order valence-corrected chi connectivity index (χ3v) is 6.14. The number of nitrogens with one attached hydrogen (secondary N) is 2. The van der Waals surface area contributed by atoms with Crippen LogP contribution < -0.4 is 16.3 Å². The molecule has 0 aliphatic heterocycles. The molecule has 1 fully saturated rings. The number of pyridine rings is 2. The lowest BCUT2D eigenvalue weighted by Gasteiger charge is -2.15. The Morgan fingerprint density at radius 2 is 2.03 bits per heavy atom. The van der Waals surface area contributed by atoms with Crippen molar-refractivity contribution in [1.82, 2.24) is 34.3 Å². The lowest BCUT2D eigenvalue weighted by atomic mass is 10.1. The number of aromatic nitrogens is 7. The Morgan fingerprint density at radius 1 is 1.15 bits per heavy atom. The summed E-state index contributed by atoms with van der Waals surface area (Å²) in [7, 11) is 1.69. The van der Waals surface area contributed by atoms with E-state index < -0.39 is 0 Å². The molecule has 4 aromatic heterocycles. The van der Waals surface area contributed by atoms with Crippen LogP contribution in [0.1, 0.15) is 30.7 Å². The van der Waals surface area contributed by atoms with Crippen LogP contribution in [0.15, 0.2) is 41.5 Å². The molecule has 0 amide bonds. The summed E-state index contributed by atoms with van der Waals surface area (Å²) in [6.07, 6.45) is 6.51. The van der Waals surface area contributed by atoms with Crippen molar-refractivity contribution in [2.24, 2.45) is 13.0 Å². The van der Waals surface area contributed by atoms with Crippen LogP contribution in [0.5, 0.6) is 0 Å². The van der Waals surface area contributed by atoms with Crippen LogP contribution in [0.3, 0.4) is 0 Å². The maximum absolute atomic E-state index is 12.8. The lowest BCUT2D eigenvalue weighted by molar-refractivity contribution is 0.569. The molecule has 1 aliphatic rings. The average Bonchev–Trinajstić information content (AvgIpc) is 3.41. The minimum atomic E-state index is -0.237. The smallest absolute Gasteiger partial charge is 0.334 e. The molecule has 2 atom stereocenters. The molecule has 34 heavy (non-hydrogen) atoms. The standard InChI is InChI=1S/C23H24N10O/c1-14-11-26-22(31-30-14)27-12-15-3-4-16(9-15)28-20-8-6-18(13-25-20)33-21-19(32(2)23(33)34)7-5-17(10-24)29-21/h5-8,11,13,15-16H,3-4,9,12H2,1-2H3,(H,25,28)(H,26,27,31)/t15?,16-/m0/s1. The van der Waals surface area contributed by atoms with Gasteiger partial charge in [-0.1, -0.05) is 0 Å². The van der Waals surface area contributed by atoms with Gasteiger partial charge in [0.15, 0.2) is 5.65 Å². The number of nitriles is 1. The second-order valence-electron chi connectivity index (χ2n) is 8.55. The predicted molar refractivity (Wildman–Crippen MR) is 127 cm³/mol. The molecule has 1 saturated carbocycles. The molecule has 11 nitrogen and oxygen atoms in total. The molecule has 1 aliphatic carbocycles. The van der Waals surface area contributed by atoms with Crippen LogP contribution in [0.25, 0.3) is 16.9 Å². The van der Waals surface area contributed by atoms with Gasteiger partial charge in [0.25, 0.3) is 0 Å². The van der Waals surface area contributed by atoms with Gasteiger partial charge in [-0.05, 0) is 56.4 Å². The lowest BCUT2D eigenvalue weighted by Crippen LogP contribution is -2.21. The number of rotatable bonds is 6. The highest BCUT2D eigenvalue weighted by Gasteiger charge is 2.25. The Morgan fingerprint density at radius 3 is 2.76 bits per heavy atom. The summed E-state index contributed by atoms with van der Waals surface area (Å²) in [5.41, 5.74) is 2.51. The molecule has 0 radical (unpaired) electrons. The minimum absolute atomic E-state index is 0.237. The van der Waals surface area contributed by atoms with Crippen molar-refractivity contribution in [3.63, 3.8) is 0 Å². The summed E-state index contributed by atoms with van der Waals surface area (Å²) in [6, 6.07) is 9.39. The number of imidazole rings is 1. The Labute approximate surface area is 195 Å². The average molecular weight is 457 g/mol. The van der Waals surface area contributed by atoms with Crippen LogP contribution >= 0.6 is 0 Å². The fourth-order valence-electron chi connectivity index (χ4n) is 4.36. The monoisotopic (exact) mass is 456 g/mol. The highest BCUT2D eigenvalue weighted by molar-refractivity contribution is 5.74. The quantitative estimate of drug-likeness (QED) is 0.447. The maximum Gasteiger partial charge on any atom is 0.334 e. The van der Waals surface area contributed by atoms with Gasteiger partial charge in [0.1, 0.15) is 17.6 Å². The van der Waals surface area contributed by atoms with Crippen molar-refractivity contribution in [3.8, 4) is 11.8 Å². The van der Waals surface area contributed by atoms with Gasteiger partial charge >= 0.3 is 5.69 Å². The van der Waals surface area contributed by atoms with E-state index in [1.807, 2.05) is 25.1 Å². The summed E-state index contributed by atoms with van der Waals surface area (Å²) in [4.78, 5) is 25.9. The number of aryl methyl sites for hydroxylation is 2. The van der Waals surface area contributed by atoms with E-state index >= 15 is 0 Å². The molecular formula is C23H24N10O. The van der Waals surface area contributed by atoms with Crippen LogP contribution in [0, 0.1) is 24.2 Å². The second kappa shape index (κ2) is 8.90. The molecule has 5 rings (SSSR count). The zero-order chi connectivity index (χ0) is 23.7. The summed E-state index contributed by atoms with van der Waals surface area (Å²) >= 11 is 0. The Bertz CT molecular complexity index is 1420. The first-order valence-corrected chi connectivity index (χ1v) is 11.1. The first-order valence-electron chi connectivity index (χ1n) is 11.1. The van der Waals surface area contributed by atoms with E-state index in [0.29, 0.717) is 34.8 Å². The summed E-state index contributed by atoms with van der Waals surface area (Å²) in [6.45, 7) is 2.66. The maximum atomic E-state index is 12.8. The number of fused-ring (bicyclic) bond motifs is 1. The fourth-order valence-corrected chi connectivity index (χ4v) is 4.36. The first kappa shape index (κ1) is 21.5. The number of nitrogens with zero attached hydrogens (tertiary/aromatic N) is 8. The first-order chi connectivity index (χ1) is 16.5. The van der Waals surface area contributed by atoms with Crippen molar-refractivity contribution >= 4 is 22.9 Å². The molecule has 0 saturated heterocycles. The molecule has 4 heterocycles. The Kier molecular flexibility index (Phi) is 5.63. The van der Waals surface area contributed by atoms with Crippen LogP contribution in [0.4, 0.5) is 11.8 Å². The zero-order valence-electron chi connectivity index (χ0n) is 18.9. The van der Waals surface area contributed by atoms with Crippen LogP contribution in [-0.2, 0) is 7.05 Å². The highest BCUT2D eigenvalue weighted by atomic mass is 16.1. The van der Waals surface area contributed by atoms with Gasteiger partial charge in [-0.15, -0.1) is 5.10 Å². The van der Waals surface area contributed by atoms with Gasteiger partial charge in [-0.3, -0.25) is 4.57 Å². The highest BCUT2D eigenvalue weighted by Crippen LogP contribution is 2.28. The molecule has 4 aromatic rings.